The normalized spacial score (nSPS) is 15.9. The Labute approximate surface area is 134 Å². The van der Waals surface area contributed by atoms with E-state index >= 15 is 0 Å². The Morgan fingerprint density at radius 2 is 1.74 bits per heavy atom. The zero-order chi connectivity index (χ0) is 16.1. The van der Waals surface area contributed by atoms with Crippen LogP contribution in [0.15, 0.2) is 39.5 Å². The first-order valence-corrected chi connectivity index (χ1v) is 8.17. The van der Waals surface area contributed by atoms with Gasteiger partial charge in [-0.05, 0) is 31.0 Å². The minimum atomic E-state index is -0.397. The number of carbonyl (C=O) groups is 1. The van der Waals surface area contributed by atoms with Crippen molar-refractivity contribution in [2.24, 2.45) is 0 Å². The molecular formula is C18H21NO4. The van der Waals surface area contributed by atoms with Gasteiger partial charge in [-0.25, -0.2) is 4.79 Å². The predicted molar refractivity (Wildman–Crippen MR) is 87.6 cm³/mol. The van der Waals surface area contributed by atoms with Crippen LogP contribution >= 0.6 is 0 Å². The van der Waals surface area contributed by atoms with E-state index in [0.29, 0.717) is 11.3 Å². The molecule has 0 atom stereocenters. The molecule has 0 bridgehead atoms. The number of amides is 1. The number of hydrogen-bond donors (Lipinski definition) is 0. The highest BCUT2D eigenvalue weighted by Gasteiger charge is 2.15. The molecule has 5 heteroatoms. The van der Waals surface area contributed by atoms with Gasteiger partial charge in [-0.3, -0.25) is 4.79 Å². The van der Waals surface area contributed by atoms with Gasteiger partial charge >= 0.3 is 5.63 Å². The third-order valence-electron chi connectivity index (χ3n) is 4.17. The van der Waals surface area contributed by atoms with Crippen molar-refractivity contribution in [3.05, 3.63) is 40.8 Å². The van der Waals surface area contributed by atoms with Crippen molar-refractivity contribution in [1.29, 1.82) is 0 Å². The average Bonchev–Trinajstić information content (AvgIpc) is 2.52. The lowest BCUT2D eigenvalue weighted by molar-refractivity contribution is -0.133. The molecule has 1 aliphatic rings. The second-order valence-corrected chi connectivity index (χ2v) is 5.89. The van der Waals surface area contributed by atoms with Crippen molar-refractivity contribution in [2.75, 3.05) is 19.7 Å². The van der Waals surface area contributed by atoms with Gasteiger partial charge in [0, 0.05) is 30.6 Å². The number of benzene rings is 1. The fourth-order valence-corrected chi connectivity index (χ4v) is 2.86. The van der Waals surface area contributed by atoms with Crippen molar-refractivity contribution in [3.63, 3.8) is 0 Å². The van der Waals surface area contributed by atoms with Gasteiger partial charge in [0.15, 0.2) is 6.61 Å². The summed E-state index contributed by atoms with van der Waals surface area (Å²) in [5.41, 5.74) is 0.0695. The average molecular weight is 315 g/mol. The van der Waals surface area contributed by atoms with Crippen LogP contribution in [0.25, 0.3) is 11.0 Å². The van der Waals surface area contributed by atoms with Crippen LogP contribution in [0.1, 0.15) is 32.1 Å². The predicted octanol–water partition coefficient (Wildman–Crippen LogP) is 2.96. The monoisotopic (exact) mass is 315 g/mol. The molecule has 0 saturated carbocycles. The second kappa shape index (κ2) is 7.31. The van der Waals surface area contributed by atoms with E-state index in [4.69, 9.17) is 9.15 Å². The molecule has 23 heavy (non-hydrogen) atoms. The first-order chi connectivity index (χ1) is 11.2. The van der Waals surface area contributed by atoms with E-state index in [0.717, 1.165) is 31.3 Å². The molecule has 5 nitrogen and oxygen atoms in total. The molecule has 1 aromatic heterocycles. The highest BCUT2D eigenvalue weighted by atomic mass is 16.5. The smallest absolute Gasteiger partial charge is 0.336 e. The number of hydrogen-bond acceptors (Lipinski definition) is 4. The lowest BCUT2D eigenvalue weighted by Crippen LogP contribution is -2.37. The van der Waals surface area contributed by atoms with Crippen LogP contribution < -0.4 is 10.4 Å². The lowest BCUT2D eigenvalue weighted by Gasteiger charge is -2.24. The van der Waals surface area contributed by atoms with Crippen molar-refractivity contribution in [3.8, 4) is 5.75 Å². The molecule has 0 aliphatic carbocycles. The lowest BCUT2D eigenvalue weighted by atomic mass is 10.1. The molecule has 1 amide bonds. The number of fused-ring (bicyclic) bond motifs is 1. The van der Waals surface area contributed by atoms with Crippen molar-refractivity contribution >= 4 is 16.9 Å². The number of rotatable bonds is 3. The van der Waals surface area contributed by atoms with Crippen LogP contribution in [-0.2, 0) is 4.79 Å². The molecular weight excluding hydrogens is 294 g/mol. The molecule has 1 saturated heterocycles. The van der Waals surface area contributed by atoms with E-state index in [1.807, 2.05) is 11.0 Å². The molecule has 2 aromatic rings. The van der Waals surface area contributed by atoms with E-state index in [1.165, 1.54) is 25.3 Å². The van der Waals surface area contributed by atoms with Gasteiger partial charge < -0.3 is 14.1 Å². The fourth-order valence-electron chi connectivity index (χ4n) is 2.86. The third-order valence-corrected chi connectivity index (χ3v) is 4.17. The van der Waals surface area contributed by atoms with Gasteiger partial charge in [-0.2, -0.15) is 0 Å². The van der Waals surface area contributed by atoms with E-state index in [2.05, 4.69) is 0 Å². The summed E-state index contributed by atoms with van der Waals surface area (Å²) in [5, 5.41) is 0.826. The minimum absolute atomic E-state index is 0.0153. The molecule has 122 valence electrons. The van der Waals surface area contributed by atoms with Gasteiger partial charge in [-0.1, -0.05) is 19.3 Å². The Hall–Kier alpha value is -2.30. The zero-order valence-corrected chi connectivity index (χ0v) is 13.1. The Morgan fingerprint density at radius 3 is 2.52 bits per heavy atom. The molecule has 0 radical (unpaired) electrons. The second-order valence-electron chi connectivity index (χ2n) is 5.89. The van der Waals surface area contributed by atoms with Gasteiger partial charge in [0.1, 0.15) is 11.3 Å². The van der Waals surface area contributed by atoms with Crippen molar-refractivity contribution in [1.82, 2.24) is 4.90 Å². The Morgan fingerprint density at radius 1 is 1.04 bits per heavy atom. The topological polar surface area (TPSA) is 59.8 Å². The molecule has 0 N–H and O–H groups in total. The third kappa shape index (κ3) is 4.12. The van der Waals surface area contributed by atoms with E-state index in [1.54, 1.807) is 18.2 Å². The summed E-state index contributed by atoms with van der Waals surface area (Å²) in [6.45, 7) is 1.64. The van der Waals surface area contributed by atoms with Crippen LogP contribution in [0.2, 0.25) is 0 Å². The van der Waals surface area contributed by atoms with Gasteiger partial charge in [0.05, 0.1) is 0 Å². The van der Waals surface area contributed by atoms with Crippen molar-refractivity contribution in [2.45, 2.75) is 32.1 Å². The summed E-state index contributed by atoms with van der Waals surface area (Å²) in [4.78, 5) is 25.4. The SMILES string of the molecule is O=C(COc1ccc2ccc(=O)oc2c1)N1CCCCCCC1. The van der Waals surface area contributed by atoms with Crippen LogP contribution in [0.5, 0.6) is 5.75 Å². The van der Waals surface area contributed by atoms with Crippen LogP contribution in [0.3, 0.4) is 0 Å². The summed E-state index contributed by atoms with van der Waals surface area (Å²) in [7, 11) is 0. The van der Waals surface area contributed by atoms with Gasteiger partial charge in [-0.15, -0.1) is 0 Å². The molecule has 3 rings (SSSR count). The summed E-state index contributed by atoms with van der Waals surface area (Å²) < 4.78 is 10.7. The quantitative estimate of drug-likeness (QED) is 0.817. The molecule has 1 fully saturated rings. The summed E-state index contributed by atoms with van der Waals surface area (Å²) in [6, 6.07) is 8.33. The first-order valence-electron chi connectivity index (χ1n) is 8.17. The van der Waals surface area contributed by atoms with Crippen molar-refractivity contribution < 1.29 is 13.9 Å². The first kappa shape index (κ1) is 15.6. The number of ether oxygens (including phenoxy) is 1. The Bertz CT molecular complexity index is 729. The summed E-state index contributed by atoms with van der Waals surface area (Å²) in [5.74, 6) is 0.550. The Balaban J connectivity index is 1.62. The maximum atomic E-state index is 12.3. The Kier molecular flexibility index (Phi) is 4.95. The maximum absolute atomic E-state index is 12.3. The number of nitrogens with zero attached hydrogens (tertiary/aromatic N) is 1. The van der Waals surface area contributed by atoms with Crippen LogP contribution in [0.4, 0.5) is 0 Å². The number of likely N-dealkylation sites (tertiary alicyclic amines) is 1. The highest BCUT2D eigenvalue weighted by molar-refractivity contribution is 5.79. The van der Waals surface area contributed by atoms with Crippen LogP contribution in [-0.4, -0.2) is 30.5 Å². The molecule has 1 aliphatic heterocycles. The standard InChI is InChI=1S/C18H21NO4/c20-17(19-10-4-2-1-3-5-11-19)13-22-15-8-6-14-7-9-18(21)23-16(14)12-15/h6-9,12H,1-5,10-11,13H2. The van der Waals surface area contributed by atoms with E-state index in [-0.39, 0.29) is 12.5 Å². The number of carbonyl (C=O) groups excluding carboxylic acids is 1. The summed E-state index contributed by atoms with van der Waals surface area (Å²) >= 11 is 0. The minimum Gasteiger partial charge on any atom is -0.484 e. The zero-order valence-electron chi connectivity index (χ0n) is 13.1. The van der Waals surface area contributed by atoms with E-state index < -0.39 is 5.63 Å². The molecule has 0 spiro atoms. The molecule has 1 aromatic carbocycles. The van der Waals surface area contributed by atoms with Crippen LogP contribution in [0, 0.1) is 0 Å². The highest BCUT2D eigenvalue weighted by Crippen LogP contribution is 2.19. The fraction of sp³-hybridized carbons (Fsp3) is 0.444. The van der Waals surface area contributed by atoms with E-state index in [9.17, 15) is 9.59 Å². The maximum Gasteiger partial charge on any atom is 0.336 e. The summed E-state index contributed by atoms with van der Waals surface area (Å²) in [6.07, 6.45) is 5.77. The van der Waals surface area contributed by atoms with Gasteiger partial charge in [0.25, 0.3) is 5.91 Å². The molecule has 2 heterocycles. The van der Waals surface area contributed by atoms with Gasteiger partial charge in [0.2, 0.25) is 0 Å². The molecule has 0 unspecified atom stereocenters. The largest absolute Gasteiger partial charge is 0.484 e.